The van der Waals surface area contributed by atoms with Crippen LogP contribution in [0.15, 0.2) is 72.8 Å². The zero-order valence-corrected chi connectivity index (χ0v) is 24.4. The summed E-state index contributed by atoms with van der Waals surface area (Å²) < 4.78 is 26.8. The number of benzene rings is 3. The highest BCUT2D eigenvalue weighted by molar-refractivity contribution is 7.92. The van der Waals surface area contributed by atoms with Crippen LogP contribution in [0.4, 0.5) is 5.69 Å². The van der Waals surface area contributed by atoms with Gasteiger partial charge in [-0.15, -0.1) is 0 Å². The zero-order chi connectivity index (χ0) is 28.6. The number of carbonyl (C=O) groups is 2. The predicted octanol–water partition coefficient (Wildman–Crippen LogP) is 4.89. The predicted molar refractivity (Wildman–Crippen MR) is 157 cm³/mol. The quantitative estimate of drug-likeness (QED) is 0.336. The van der Waals surface area contributed by atoms with Crippen molar-refractivity contribution in [1.82, 2.24) is 10.2 Å². The highest BCUT2D eigenvalue weighted by Gasteiger charge is 2.33. The molecule has 0 aromatic heterocycles. The molecule has 3 aromatic rings. The Balaban J connectivity index is 2.05. The number of amides is 2. The number of sulfonamides is 1. The second-order valence-corrected chi connectivity index (χ2v) is 12.0. The lowest BCUT2D eigenvalue weighted by Crippen LogP contribution is -2.53. The average molecular weight is 570 g/mol. The lowest BCUT2D eigenvalue weighted by atomic mass is 10.0. The van der Waals surface area contributed by atoms with E-state index in [0.29, 0.717) is 11.6 Å². The first kappa shape index (κ1) is 30.2. The third-order valence-electron chi connectivity index (χ3n) is 6.38. The van der Waals surface area contributed by atoms with Crippen molar-refractivity contribution in [1.29, 1.82) is 0 Å². The molecule has 39 heavy (non-hydrogen) atoms. The lowest BCUT2D eigenvalue weighted by Gasteiger charge is -2.33. The largest absolute Gasteiger partial charge is 0.354 e. The summed E-state index contributed by atoms with van der Waals surface area (Å²) in [4.78, 5) is 29.0. The van der Waals surface area contributed by atoms with Crippen molar-refractivity contribution in [3.05, 3.63) is 100 Å². The van der Waals surface area contributed by atoms with Crippen LogP contribution in [-0.2, 0) is 32.6 Å². The van der Waals surface area contributed by atoms with Crippen LogP contribution in [0.3, 0.4) is 0 Å². The second kappa shape index (κ2) is 13.6. The second-order valence-electron chi connectivity index (χ2n) is 9.71. The Hall–Kier alpha value is -3.36. The number of nitrogens with one attached hydrogen (secondary N) is 1. The van der Waals surface area contributed by atoms with Crippen molar-refractivity contribution < 1.29 is 18.0 Å². The Morgan fingerprint density at radius 2 is 1.64 bits per heavy atom. The lowest BCUT2D eigenvalue weighted by molar-refractivity contribution is -0.140. The maximum atomic E-state index is 14.0. The molecular formula is C30H36ClN3O4S. The van der Waals surface area contributed by atoms with Crippen LogP contribution < -0.4 is 9.62 Å². The number of nitrogens with zero attached hydrogens (tertiary/aromatic N) is 2. The minimum Gasteiger partial charge on any atom is -0.354 e. The standard InChI is InChI=1S/C30H36ClN3O4S/c1-5-16-32-30(36)28(18-24-11-7-6-8-12-24)33(20-25-13-9-10-22(2)17-25)29(35)21-34(39(4,37)38)26-15-14-23(3)27(31)19-26/h6-15,17,19,28H,5,16,18,20-21H2,1-4H3,(H,32,36). The number of anilines is 1. The molecule has 0 aliphatic carbocycles. The summed E-state index contributed by atoms with van der Waals surface area (Å²) >= 11 is 6.29. The van der Waals surface area contributed by atoms with Gasteiger partial charge in [-0.1, -0.05) is 84.8 Å². The maximum Gasteiger partial charge on any atom is 0.244 e. The molecule has 0 saturated carbocycles. The minimum atomic E-state index is -3.85. The van der Waals surface area contributed by atoms with E-state index in [0.717, 1.165) is 39.2 Å². The smallest absolute Gasteiger partial charge is 0.244 e. The van der Waals surface area contributed by atoms with Gasteiger partial charge in [0.1, 0.15) is 12.6 Å². The molecule has 3 rings (SSSR count). The number of carbonyl (C=O) groups excluding carboxylic acids is 2. The summed E-state index contributed by atoms with van der Waals surface area (Å²) in [7, 11) is -3.85. The third-order valence-corrected chi connectivity index (χ3v) is 7.93. The molecule has 7 nitrogen and oxygen atoms in total. The molecule has 9 heteroatoms. The van der Waals surface area contributed by atoms with Crippen molar-refractivity contribution in [2.45, 2.75) is 46.2 Å². The number of rotatable bonds is 12. The van der Waals surface area contributed by atoms with E-state index >= 15 is 0 Å². The normalized spacial score (nSPS) is 12.0. The fourth-order valence-electron chi connectivity index (χ4n) is 4.28. The number of halogens is 1. The molecule has 2 amide bonds. The number of aryl methyl sites for hydroxylation is 2. The fourth-order valence-corrected chi connectivity index (χ4v) is 5.29. The van der Waals surface area contributed by atoms with Gasteiger partial charge in [-0.2, -0.15) is 0 Å². The molecule has 0 bridgehead atoms. The third kappa shape index (κ3) is 8.57. The maximum absolute atomic E-state index is 14.0. The minimum absolute atomic E-state index is 0.143. The first-order valence-electron chi connectivity index (χ1n) is 12.9. The van der Waals surface area contributed by atoms with Gasteiger partial charge in [-0.25, -0.2) is 8.42 Å². The monoisotopic (exact) mass is 569 g/mol. The summed E-state index contributed by atoms with van der Waals surface area (Å²) in [5.41, 5.74) is 3.82. The van der Waals surface area contributed by atoms with E-state index < -0.39 is 28.5 Å². The molecule has 1 N–H and O–H groups in total. The van der Waals surface area contributed by atoms with E-state index in [9.17, 15) is 18.0 Å². The summed E-state index contributed by atoms with van der Waals surface area (Å²) in [5.74, 6) is -0.780. The molecule has 0 fully saturated rings. The van der Waals surface area contributed by atoms with Crippen LogP contribution in [-0.4, -0.2) is 50.5 Å². The van der Waals surface area contributed by atoms with Crippen molar-refractivity contribution in [2.24, 2.45) is 0 Å². The van der Waals surface area contributed by atoms with Crippen LogP contribution >= 0.6 is 11.6 Å². The van der Waals surface area contributed by atoms with Gasteiger partial charge in [0.05, 0.1) is 11.9 Å². The van der Waals surface area contributed by atoms with Gasteiger partial charge in [0.2, 0.25) is 21.8 Å². The van der Waals surface area contributed by atoms with Crippen molar-refractivity contribution >= 4 is 39.1 Å². The van der Waals surface area contributed by atoms with Crippen LogP contribution in [0.2, 0.25) is 5.02 Å². The van der Waals surface area contributed by atoms with Gasteiger partial charge in [0.15, 0.2) is 0 Å². The van der Waals surface area contributed by atoms with Crippen LogP contribution in [0.5, 0.6) is 0 Å². The van der Waals surface area contributed by atoms with Gasteiger partial charge in [-0.3, -0.25) is 13.9 Å². The Kier molecular flexibility index (Phi) is 10.5. The molecule has 1 atom stereocenters. The molecule has 1 unspecified atom stereocenters. The van der Waals surface area contributed by atoms with Crippen LogP contribution in [0.1, 0.15) is 35.6 Å². The molecule has 0 saturated heterocycles. The molecule has 3 aromatic carbocycles. The molecule has 0 spiro atoms. The Labute approximate surface area is 236 Å². The molecule has 208 valence electrons. The first-order valence-corrected chi connectivity index (χ1v) is 15.1. The van der Waals surface area contributed by atoms with Gasteiger partial charge < -0.3 is 10.2 Å². The molecule has 0 aliphatic heterocycles. The fraction of sp³-hybridized carbons (Fsp3) is 0.333. The van der Waals surface area contributed by atoms with E-state index in [1.807, 2.05) is 75.4 Å². The van der Waals surface area contributed by atoms with Gasteiger partial charge in [0.25, 0.3) is 0 Å². The summed E-state index contributed by atoms with van der Waals surface area (Å²) in [6, 6.07) is 21.2. The van der Waals surface area contributed by atoms with E-state index in [1.54, 1.807) is 12.1 Å². The Morgan fingerprint density at radius 3 is 2.26 bits per heavy atom. The first-order chi connectivity index (χ1) is 18.5. The topological polar surface area (TPSA) is 86.8 Å². The molecule has 0 aliphatic rings. The van der Waals surface area contributed by atoms with E-state index in [1.165, 1.54) is 11.0 Å². The number of hydrogen-bond acceptors (Lipinski definition) is 4. The molecular weight excluding hydrogens is 534 g/mol. The van der Waals surface area contributed by atoms with Gasteiger partial charge >= 0.3 is 0 Å². The summed E-state index contributed by atoms with van der Waals surface area (Å²) in [6.07, 6.45) is 2.07. The van der Waals surface area contributed by atoms with Crippen LogP contribution in [0.25, 0.3) is 0 Å². The molecule has 0 heterocycles. The van der Waals surface area contributed by atoms with Crippen molar-refractivity contribution in [2.75, 3.05) is 23.7 Å². The zero-order valence-electron chi connectivity index (χ0n) is 22.9. The highest BCUT2D eigenvalue weighted by Crippen LogP contribution is 2.26. The highest BCUT2D eigenvalue weighted by atomic mass is 35.5. The van der Waals surface area contributed by atoms with Gasteiger partial charge in [0, 0.05) is 24.5 Å². The SMILES string of the molecule is CCCNC(=O)C(Cc1ccccc1)N(Cc1cccc(C)c1)C(=O)CN(c1ccc(C)c(Cl)c1)S(C)(=O)=O. The van der Waals surface area contributed by atoms with Crippen LogP contribution in [0, 0.1) is 13.8 Å². The van der Waals surface area contributed by atoms with E-state index in [-0.39, 0.29) is 24.6 Å². The Bertz CT molecular complexity index is 1400. The average Bonchev–Trinajstić information content (AvgIpc) is 2.89. The summed E-state index contributed by atoms with van der Waals surface area (Å²) in [6.45, 7) is 5.86. The number of hydrogen-bond donors (Lipinski definition) is 1. The molecule has 0 radical (unpaired) electrons. The van der Waals surface area contributed by atoms with Crippen molar-refractivity contribution in [3.63, 3.8) is 0 Å². The Morgan fingerprint density at radius 1 is 0.949 bits per heavy atom. The van der Waals surface area contributed by atoms with Crippen molar-refractivity contribution in [3.8, 4) is 0 Å². The summed E-state index contributed by atoms with van der Waals surface area (Å²) in [5, 5.41) is 3.33. The van der Waals surface area contributed by atoms with E-state index in [4.69, 9.17) is 11.6 Å². The van der Waals surface area contributed by atoms with Gasteiger partial charge in [-0.05, 0) is 49.1 Å². The van der Waals surface area contributed by atoms with E-state index in [2.05, 4.69) is 5.32 Å².